The van der Waals surface area contributed by atoms with E-state index in [9.17, 15) is 0 Å². The Morgan fingerprint density at radius 3 is 0.859 bits per heavy atom. The third kappa shape index (κ3) is 9.51. The first kappa shape index (κ1) is 53.4. The summed E-state index contributed by atoms with van der Waals surface area (Å²) in [4.78, 5) is 9.93. The van der Waals surface area contributed by atoms with Gasteiger partial charge in [-0.3, -0.25) is 0 Å². The van der Waals surface area contributed by atoms with Gasteiger partial charge in [0.2, 0.25) is 0 Å². The number of benzene rings is 10. The second-order valence-corrected chi connectivity index (χ2v) is 24.4. The highest BCUT2D eigenvalue weighted by atomic mass is 15.2. The zero-order valence-electron chi connectivity index (χ0n) is 50.2. The molecule has 0 saturated heterocycles. The summed E-state index contributed by atoms with van der Waals surface area (Å²) >= 11 is 0. The summed E-state index contributed by atoms with van der Waals surface area (Å²) in [7, 11) is 0. The van der Waals surface area contributed by atoms with Crippen molar-refractivity contribution in [1.82, 2.24) is 0 Å². The van der Waals surface area contributed by atoms with Crippen LogP contribution in [0.5, 0.6) is 0 Å². The molecule has 0 fully saturated rings. The third-order valence-electron chi connectivity index (χ3n) is 18.2. The van der Waals surface area contributed by atoms with Crippen LogP contribution in [0.15, 0.2) is 266 Å². The first-order chi connectivity index (χ1) is 41.4. The van der Waals surface area contributed by atoms with Crippen molar-refractivity contribution in [3.63, 3.8) is 0 Å². The summed E-state index contributed by atoms with van der Waals surface area (Å²) in [5, 5.41) is 0. The Balaban J connectivity index is 1.10. The first-order valence-electron chi connectivity index (χ1n) is 30.3. The standard InChI is InChI=1S/C81H72N4/c1-53-9-25-61(26-10-53)82(62-27-11-54(2)12-28-62)69-41-45-73-74-46-42-70(83(63-29-13-55(3)14-30-63)64-31-15-56(4)16-32-64)50-78(74)81(77(73)49-69)79-51-71(84(65-33-17-57(5)18-34-65)66-35-19-58(6)20-36-66)43-47-75(79)76-48-44-72(52-80(76)81)85(67-37-21-59(7)22-38-67)68-39-23-60(8)24-40-68/h9-21,23,25-39,41-52,59H,22,24,40H2,1-8H3. The van der Waals surface area contributed by atoms with Gasteiger partial charge < -0.3 is 19.6 Å². The van der Waals surface area contributed by atoms with E-state index < -0.39 is 5.41 Å². The molecule has 1 unspecified atom stereocenters. The minimum absolute atomic E-state index is 0.480. The lowest BCUT2D eigenvalue weighted by atomic mass is 9.70. The largest absolute Gasteiger partial charge is 0.315 e. The molecule has 1 spiro atoms. The number of hydrogen-bond donors (Lipinski definition) is 0. The molecule has 1 atom stereocenters. The maximum absolute atomic E-state index is 2.58. The van der Waals surface area contributed by atoms with Gasteiger partial charge in [0.05, 0.1) is 5.41 Å². The van der Waals surface area contributed by atoms with E-state index in [0.29, 0.717) is 5.92 Å². The van der Waals surface area contributed by atoms with Crippen molar-refractivity contribution in [2.45, 2.75) is 80.1 Å². The van der Waals surface area contributed by atoms with E-state index in [1.807, 2.05) is 0 Å². The normalized spacial score (nSPS) is 15.1. The Bertz CT molecular complexity index is 3900. The fourth-order valence-corrected chi connectivity index (χ4v) is 13.5. The Labute approximate surface area is 503 Å². The van der Waals surface area contributed by atoms with Crippen molar-refractivity contribution in [3.05, 3.63) is 321 Å². The molecule has 14 rings (SSSR count). The molecular weight excluding hydrogens is 1030 g/mol. The minimum atomic E-state index is -0.813. The predicted octanol–water partition coefficient (Wildman–Crippen LogP) is 22.2. The van der Waals surface area contributed by atoms with Gasteiger partial charge in [-0.2, -0.15) is 0 Å². The summed E-state index contributed by atoms with van der Waals surface area (Å²) in [6.07, 6.45) is 14.9. The average molecular weight is 1100 g/mol. The lowest BCUT2D eigenvalue weighted by Crippen LogP contribution is -2.28. The number of anilines is 10. The number of aryl methyl sites for hydroxylation is 6. The maximum atomic E-state index is 2.58. The molecule has 0 N–H and O–H groups in total. The van der Waals surface area contributed by atoms with Crippen LogP contribution in [0, 0.1) is 47.5 Å². The highest BCUT2D eigenvalue weighted by molar-refractivity contribution is 5.99. The minimum Gasteiger partial charge on any atom is -0.315 e. The van der Waals surface area contributed by atoms with Gasteiger partial charge in [-0.15, -0.1) is 0 Å². The van der Waals surface area contributed by atoms with Crippen LogP contribution in [0.1, 0.15) is 88.7 Å². The van der Waals surface area contributed by atoms with Crippen molar-refractivity contribution in [3.8, 4) is 22.3 Å². The lowest BCUT2D eigenvalue weighted by Gasteiger charge is -2.36. The van der Waals surface area contributed by atoms with Crippen LogP contribution in [-0.4, -0.2) is 0 Å². The summed E-state index contributed by atoms with van der Waals surface area (Å²) in [5.74, 6) is 0.480. The van der Waals surface area contributed by atoms with E-state index in [1.54, 1.807) is 0 Å². The Morgan fingerprint density at radius 1 is 0.318 bits per heavy atom. The Hall–Kier alpha value is -9.64. The van der Waals surface area contributed by atoms with E-state index in [2.05, 4.69) is 324 Å². The van der Waals surface area contributed by atoms with Crippen molar-refractivity contribution in [2.75, 3.05) is 19.6 Å². The SMILES string of the molecule is CC1=CC=C(N(C2=CCC(C)C=C2)c2ccc3c(c2)C2(c4cc(N(c5ccc(C)cc5)c5ccc(C)cc5)ccc4-3)c3cc(N(c4ccc(C)cc4)c4ccc(C)cc4)ccc3-c3ccc(N(c4ccc(C)cc4)c4ccc(C)cc4)cc32)CC1. The fraction of sp³-hybridized carbons (Fsp3) is 0.160. The van der Waals surface area contributed by atoms with Crippen LogP contribution in [-0.2, 0) is 5.41 Å². The highest BCUT2D eigenvalue weighted by Crippen LogP contribution is 2.65. The molecule has 0 radical (unpaired) electrons. The molecule has 4 nitrogen and oxygen atoms in total. The van der Waals surface area contributed by atoms with Gasteiger partial charge in [0.15, 0.2) is 0 Å². The molecule has 4 heteroatoms. The summed E-state index contributed by atoms with van der Waals surface area (Å²) in [5.41, 5.74) is 31.7. The second kappa shape index (κ2) is 21.5. The van der Waals surface area contributed by atoms with Crippen LogP contribution >= 0.6 is 0 Å². The van der Waals surface area contributed by atoms with Crippen molar-refractivity contribution in [2.24, 2.45) is 5.92 Å². The molecule has 0 amide bonds. The number of allylic oxidation sites excluding steroid dienone is 7. The molecule has 4 aliphatic rings. The zero-order valence-corrected chi connectivity index (χ0v) is 50.2. The van der Waals surface area contributed by atoms with E-state index in [1.165, 1.54) is 101 Å². The zero-order chi connectivity index (χ0) is 58.1. The van der Waals surface area contributed by atoms with Gasteiger partial charge in [-0.25, -0.2) is 0 Å². The molecule has 416 valence electrons. The van der Waals surface area contributed by atoms with Gasteiger partial charge in [0, 0.05) is 68.3 Å². The molecule has 10 aromatic rings. The summed E-state index contributed by atoms with van der Waals surface area (Å²) < 4.78 is 0. The highest BCUT2D eigenvalue weighted by Gasteiger charge is 2.53. The quantitative estimate of drug-likeness (QED) is 0.121. The molecule has 0 aliphatic heterocycles. The lowest BCUT2D eigenvalue weighted by molar-refractivity contribution is 0.724. The van der Waals surface area contributed by atoms with E-state index in [4.69, 9.17) is 0 Å². The smallest absolute Gasteiger partial charge is 0.0728 e. The van der Waals surface area contributed by atoms with Crippen molar-refractivity contribution < 1.29 is 0 Å². The van der Waals surface area contributed by atoms with Gasteiger partial charge in [-0.1, -0.05) is 161 Å². The van der Waals surface area contributed by atoms with Crippen molar-refractivity contribution in [1.29, 1.82) is 0 Å². The second-order valence-electron chi connectivity index (χ2n) is 24.4. The number of nitrogens with zero attached hydrogens (tertiary/aromatic N) is 4. The maximum Gasteiger partial charge on any atom is 0.0728 e. The summed E-state index contributed by atoms with van der Waals surface area (Å²) in [6, 6.07) is 83.5. The number of rotatable bonds is 12. The molecule has 0 bridgehead atoms. The van der Waals surface area contributed by atoms with Gasteiger partial charge in [0.25, 0.3) is 0 Å². The van der Waals surface area contributed by atoms with Gasteiger partial charge in [0.1, 0.15) is 0 Å². The van der Waals surface area contributed by atoms with Crippen LogP contribution in [0.4, 0.5) is 56.9 Å². The summed E-state index contributed by atoms with van der Waals surface area (Å²) in [6.45, 7) is 17.6. The van der Waals surface area contributed by atoms with E-state index in [0.717, 1.165) is 70.4 Å². The van der Waals surface area contributed by atoms with Crippen LogP contribution in [0.3, 0.4) is 0 Å². The molecule has 0 saturated carbocycles. The van der Waals surface area contributed by atoms with Crippen LogP contribution in [0.2, 0.25) is 0 Å². The Morgan fingerprint density at radius 2 is 0.600 bits per heavy atom. The molecule has 0 aromatic heterocycles. The molecule has 10 aromatic carbocycles. The van der Waals surface area contributed by atoms with Crippen LogP contribution in [0.25, 0.3) is 22.3 Å². The predicted molar refractivity (Wildman–Crippen MR) is 360 cm³/mol. The van der Waals surface area contributed by atoms with E-state index >= 15 is 0 Å². The number of hydrogen-bond acceptors (Lipinski definition) is 4. The monoisotopic (exact) mass is 1100 g/mol. The molecule has 85 heavy (non-hydrogen) atoms. The first-order valence-corrected chi connectivity index (χ1v) is 30.3. The van der Waals surface area contributed by atoms with Gasteiger partial charge in [-0.05, 0) is 252 Å². The third-order valence-corrected chi connectivity index (χ3v) is 18.2. The van der Waals surface area contributed by atoms with Crippen molar-refractivity contribution >= 4 is 56.9 Å². The molecule has 0 heterocycles. The topological polar surface area (TPSA) is 13.0 Å². The average Bonchev–Trinajstić information content (AvgIpc) is 1.63. The van der Waals surface area contributed by atoms with Crippen LogP contribution < -0.4 is 19.6 Å². The molecular formula is C81H72N4. The fourth-order valence-electron chi connectivity index (χ4n) is 13.5. The van der Waals surface area contributed by atoms with E-state index in [-0.39, 0.29) is 0 Å². The molecule has 4 aliphatic carbocycles. The van der Waals surface area contributed by atoms with Gasteiger partial charge >= 0.3 is 0 Å². The Kier molecular flexibility index (Phi) is 13.5. The number of fused-ring (bicyclic) bond motifs is 10.